The molecule has 0 saturated carbocycles. The largest absolute Gasteiger partial charge is 0.508 e. The van der Waals surface area contributed by atoms with Crippen LogP contribution in [0.3, 0.4) is 0 Å². The smallest absolute Gasteiger partial charge is 0.252 e. The molecule has 5 heteroatoms. The van der Waals surface area contributed by atoms with Crippen LogP contribution in [0, 0.1) is 0 Å². The zero-order valence-electron chi connectivity index (χ0n) is 18.2. The Morgan fingerprint density at radius 2 is 1.68 bits per heavy atom. The maximum atomic E-state index is 13.4. The molecule has 0 aliphatic carbocycles. The van der Waals surface area contributed by atoms with Gasteiger partial charge in [0.05, 0.1) is 19.8 Å². The summed E-state index contributed by atoms with van der Waals surface area (Å²) in [5, 5.41) is 10.3. The van der Waals surface area contributed by atoms with Crippen LogP contribution in [-0.2, 0) is 22.7 Å². The summed E-state index contributed by atoms with van der Waals surface area (Å²) in [5.41, 5.74) is 2.65. The minimum atomic E-state index is -0.650. The number of phenolic OH excluding ortho intramolecular Hbond substituents is 1. The second-order valence-electron chi connectivity index (χ2n) is 7.49. The Labute approximate surface area is 183 Å². The predicted molar refractivity (Wildman–Crippen MR) is 121 cm³/mol. The van der Waals surface area contributed by atoms with Crippen molar-refractivity contribution in [1.29, 1.82) is 0 Å². The number of phenols is 1. The third-order valence-electron chi connectivity index (χ3n) is 5.35. The van der Waals surface area contributed by atoms with E-state index in [1.807, 2.05) is 73.7 Å². The van der Waals surface area contributed by atoms with Gasteiger partial charge in [-0.2, -0.15) is 0 Å². The predicted octanol–water partition coefficient (Wildman–Crippen LogP) is 5.10. The van der Waals surface area contributed by atoms with Gasteiger partial charge in [0.1, 0.15) is 17.6 Å². The van der Waals surface area contributed by atoms with E-state index in [4.69, 9.17) is 9.47 Å². The van der Waals surface area contributed by atoms with Gasteiger partial charge in [-0.3, -0.25) is 4.79 Å². The molecule has 31 heavy (non-hydrogen) atoms. The summed E-state index contributed by atoms with van der Waals surface area (Å²) in [7, 11) is 1.62. The molecule has 3 aromatic carbocycles. The molecule has 0 heterocycles. The van der Waals surface area contributed by atoms with Gasteiger partial charge in [0.2, 0.25) is 0 Å². The standard InChI is InChI=1S/C26H29NO4/c1-19(22-11-5-4-6-12-22)27(17-23-13-7-8-15-25(23)28)26(29)20(2)31-18-21-10-9-14-24(16-21)30-3/h4-16,19-20,28H,17-18H2,1-3H3/t19-,20-/m0/s1. The first-order valence-electron chi connectivity index (χ1n) is 10.4. The molecule has 1 amide bonds. The second kappa shape index (κ2) is 10.6. The zero-order chi connectivity index (χ0) is 22.2. The van der Waals surface area contributed by atoms with Crippen LogP contribution in [0.4, 0.5) is 0 Å². The lowest BCUT2D eigenvalue weighted by Crippen LogP contribution is -2.40. The molecule has 5 nitrogen and oxygen atoms in total. The Morgan fingerprint density at radius 3 is 2.39 bits per heavy atom. The third-order valence-corrected chi connectivity index (χ3v) is 5.35. The van der Waals surface area contributed by atoms with E-state index in [1.54, 1.807) is 31.1 Å². The van der Waals surface area contributed by atoms with Crippen LogP contribution >= 0.6 is 0 Å². The van der Waals surface area contributed by atoms with Gasteiger partial charge in [-0.1, -0.05) is 60.7 Å². The average molecular weight is 420 g/mol. The number of carbonyl (C=O) groups excluding carboxylic acids is 1. The van der Waals surface area contributed by atoms with Crippen molar-refractivity contribution < 1.29 is 19.4 Å². The highest BCUT2D eigenvalue weighted by Crippen LogP contribution is 2.27. The van der Waals surface area contributed by atoms with E-state index < -0.39 is 6.10 Å². The van der Waals surface area contributed by atoms with Gasteiger partial charge in [-0.05, 0) is 43.2 Å². The molecule has 0 fully saturated rings. The minimum Gasteiger partial charge on any atom is -0.508 e. The fourth-order valence-electron chi connectivity index (χ4n) is 3.43. The summed E-state index contributed by atoms with van der Waals surface area (Å²) in [6.45, 7) is 4.34. The van der Waals surface area contributed by atoms with Gasteiger partial charge < -0.3 is 19.5 Å². The van der Waals surface area contributed by atoms with Crippen LogP contribution in [0.2, 0.25) is 0 Å². The highest BCUT2D eigenvalue weighted by atomic mass is 16.5. The van der Waals surface area contributed by atoms with Crippen LogP contribution in [0.1, 0.15) is 36.6 Å². The van der Waals surface area contributed by atoms with E-state index in [0.29, 0.717) is 12.2 Å². The molecule has 3 aromatic rings. The number of nitrogens with zero attached hydrogens (tertiary/aromatic N) is 1. The molecule has 0 radical (unpaired) electrons. The van der Waals surface area contributed by atoms with E-state index >= 15 is 0 Å². The van der Waals surface area contributed by atoms with Gasteiger partial charge in [0.25, 0.3) is 5.91 Å². The van der Waals surface area contributed by atoms with Crippen molar-refractivity contribution in [1.82, 2.24) is 4.90 Å². The molecule has 0 aliphatic heterocycles. The number of methoxy groups -OCH3 is 1. The Kier molecular flexibility index (Phi) is 7.68. The molecular formula is C26H29NO4. The molecule has 0 aliphatic rings. The van der Waals surface area contributed by atoms with Crippen molar-refractivity contribution in [2.45, 2.75) is 39.1 Å². The van der Waals surface area contributed by atoms with Gasteiger partial charge in [0.15, 0.2) is 0 Å². The molecule has 3 rings (SSSR count). The topological polar surface area (TPSA) is 59.0 Å². The summed E-state index contributed by atoms with van der Waals surface area (Å²) >= 11 is 0. The van der Waals surface area contributed by atoms with E-state index in [2.05, 4.69) is 0 Å². The van der Waals surface area contributed by atoms with Gasteiger partial charge >= 0.3 is 0 Å². The van der Waals surface area contributed by atoms with Crippen molar-refractivity contribution in [2.24, 2.45) is 0 Å². The van der Waals surface area contributed by atoms with Gasteiger partial charge in [-0.25, -0.2) is 0 Å². The molecule has 0 aromatic heterocycles. The van der Waals surface area contributed by atoms with E-state index in [-0.39, 0.29) is 24.2 Å². The monoisotopic (exact) mass is 419 g/mol. The second-order valence-corrected chi connectivity index (χ2v) is 7.49. The normalized spacial score (nSPS) is 12.7. The fourth-order valence-corrected chi connectivity index (χ4v) is 3.43. The average Bonchev–Trinajstić information content (AvgIpc) is 2.82. The number of rotatable bonds is 9. The zero-order valence-corrected chi connectivity index (χ0v) is 18.2. The van der Waals surface area contributed by atoms with Crippen LogP contribution in [0.25, 0.3) is 0 Å². The molecule has 1 N–H and O–H groups in total. The Bertz CT molecular complexity index is 989. The minimum absolute atomic E-state index is 0.137. The molecule has 0 spiro atoms. The summed E-state index contributed by atoms with van der Waals surface area (Å²) in [6.07, 6.45) is -0.650. The molecule has 162 valence electrons. The molecule has 0 saturated heterocycles. The number of carbonyl (C=O) groups is 1. The molecular weight excluding hydrogens is 390 g/mol. The highest BCUT2D eigenvalue weighted by molar-refractivity contribution is 5.81. The first-order chi connectivity index (χ1) is 15.0. The lowest BCUT2D eigenvalue weighted by molar-refractivity contribution is -0.146. The van der Waals surface area contributed by atoms with Crippen molar-refractivity contribution in [3.05, 3.63) is 95.6 Å². The quantitative estimate of drug-likeness (QED) is 0.524. The van der Waals surface area contributed by atoms with E-state index in [1.165, 1.54) is 0 Å². The molecule has 0 bridgehead atoms. The lowest BCUT2D eigenvalue weighted by Gasteiger charge is -2.32. The number of hydrogen-bond acceptors (Lipinski definition) is 4. The summed E-state index contributed by atoms with van der Waals surface area (Å²) in [5.74, 6) is 0.784. The van der Waals surface area contributed by atoms with Crippen LogP contribution in [0.15, 0.2) is 78.9 Å². The maximum absolute atomic E-state index is 13.4. The number of para-hydroxylation sites is 1. The summed E-state index contributed by atoms with van der Waals surface area (Å²) < 4.78 is 11.2. The molecule has 2 atom stereocenters. The summed E-state index contributed by atoms with van der Waals surface area (Å²) in [6, 6.07) is 24.3. The van der Waals surface area contributed by atoms with E-state index in [0.717, 1.165) is 16.9 Å². The van der Waals surface area contributed by atoms with Crippen LogP contribution in [-0.4, -0.2) is 29.1 Å². The van der Waals surface area contributed by atoms with Gasteiger partial charge in [0, 0.05) is 12.1 Å². The first-order valence-corrected chi connectivity index (χ1v) is 10.4. The maximum Gasteiger partial charge on any atom is 0.252 e. The van der Waals surface area contributed by atoms with Gasteiger partial charge in [-0.15, -0.1) is 0 Å². The van der Waals surface area contributed by atoms with Crippen molar-refractivity contribution in [3.63, 3.8) is 0 Å². The number of benzene rings is 3. The van der Waals surface area contributed by atoms with E-state index in [9.17, 15) is 9.90 Å². The van der Waals surface area contributed by atoms with Crippen molar-refractivity contribution >= 4 is 5.91 Å². The Balaban J connectivity index is 1.78. The first kappa shape index (κ1) is 22.4. The summed E-state index contributed by atoms with van der Waals surface area (Å²) in [4.78, 5) is 15.2. The van der Waals surface area contributed by atoms with Crippen LogP contribution in [0.5, 0.6) is 11.5 Å². The van der Waals surface area contributed by atoms with Crippen molar-refractivity contribution in [3.8, 4) is 11.5 Å². The van der Waals surface area contributed by atoms with Crippen LogP contribution < -0.4 is 4.74 Å². The highest BCUT2D eigenvalue weighted by Gasteiger charge is 2.27. The van der Waals surface area contributed by atoms with Crippen molar-refractivity contribution in [2.75, 3.05) is 7.11 Å². The number of amides is 1. The number of hydrogen-bond donors (Lipinski definition) is 1. The third kappa shape index (κ3) is 5.86. The molecule has 0 unspecified atom stereocenters. The number of aromatic hydroxyl groups is 1. The Hall–Kier alpha value is -3.31. The SMILES string of the molecule is COc1cccc(CO[C@@H](C)C(=O)N(Cc2ccccc2O)[C@@H](C)c2ccccc2)c1. The Morgan fingerprint density at radius 1 is 0.968 bits per heavy atom. The number of ether oxygens (including phenoxy) is 2. The lowest BCUT2D eigenvalue weighted by atomic mass is 10.0. The fraction of sp³-hybridized carbons (Fsp3) is 0.269.